The van der Waals surface area contributed by atoms with Crippen LogP contribution in [0.25, 0.3) is 0 Å². The monoisotopic (exact) mass is 802 g/mol. The number of nitrogens with one attached hydrogen (secondary N) is 1. The lowest BCUT2D eigenvalue weighted by molar-refractivity contribution is -0.149. The first-order valence-electron chi connectivity index (χ1n) is 20.5. The van der Waals surface area contributed by atoms with Crippen molar-refractivity contribution in [2.24, 2.45) is 35.3 Å². The number of methoxy groups -OCH3 is 2. The first-order valence-corrected chi connectivity index (χ1v) is 20.5. The van der Waals surface area contributed by atoms with Crippen molar-refractivity contribution in [1.29, 1.82) is 0 Å². The van der Waals surface area contributed by atoms with Crippen LogP contribution in [-0.2, 0) is 44.7 Å². The second kappa shape index (κ2) is 22.9. The maximum atomic E-state index is 14.4. The summed E-state index contributed by atoms with van der Waals surface area (Å²) in [5.41, 5.74) is 6.68. The van der Waals surface area contributed by atoms with Crippen LogP contribution in [0.4, 0.5) is 0 Å². The van der Waals surface area contributed by atoms with Gasteiger partial charge in [-0.05, 0) is 49.5 Å². The highest BCUT2D eigenvalue weighted by Gasteiger charge is 2.43. The summed E-state index contributed by atoms with van der Waals surface area (Å²) >= 11 is 0. The molecule has 2 rings (SSSR count). The Balaban J connectivity index is 2.30. The molecule has 1 aliphatic heterocycles. The summed E-state index contributed by atoms with van der Waals surface area (Å²) in [5, 5.41) is 12.9. The Kier molecular flexibility index (Phi) is 19.8. The van der Waals surface area contributed by atoms with Gasteiger partial charge >= 0.3 is 5.97 Å². The molecule has 14 nitrogen and oxygen atoms in total. The van der Waals surface area contributed by atoms with Crippen LogP contribution in [0.15, 0.2) is 30.3 Å². The summed E-state index contributed by atoms with van der Waals surface area (Å²) in [4.78, 5) is 85.5. The molecule has 1 saturated heterocycles. The predicted octanol–water partition coefficient (Wildman–Crippen LogP) is 3.78. The van der Waals surface area contributed by atoms with Gasteiger partial charge in [-0.15, -0.1) is 0 Å². The maximum Gasteiger partial charge on any atom is 0.307 e. The van der Waals surface area contributed by atoms with Crippen LogP contribution < -0.4 is 11.1 Å². The lowest BCUT2D eigenvalue weighted by atomic mass is 9.85. The van der Waals surface area contributed by atoms with Crippen molar-refractivity contribution in [2.45, 2.75) is 136 Å². The standard InChI is InChI=1S/C43H71N5O9/c1-13-27(6)38(47(10)42(53)36(25(2)3)45-40(51)37(26(4)5)46(9)41(52)29(8)44)34(56-11)24-35(50)48-21-17-20-32(48)39(57-12)28(7)33(49)23-31(43(54)55)22-30-18-15-14-16-19-30/h14-16,18-19,25-29,31-32,34,36-39H,13,17,20-24,44H2,1-12H3,(H,45,51)(H,54,55)/t27-,28-,29+,31+,32-,34+,36-,37-,38-,39+/m0/s1. The molecule has 57 heavy (non-hydrogen) atoms. The molecule has 10 atom stereocenters. The van der Waals surface area contributed by atoms with Gasteiger partial charge in [0.05, 0.1) is 42.7 Å². The Hall–Kier alpha value is -3.88. The first-order chi connectivity index (χ1) is 26.7. The Bertz CT molecular complexity index is 1490. The third kappa shape index (κ3) is 13.1. The number of carbonyl (C=O) groups excluding carboxylic acids is 5. The number of ketones is 1. The zero-order valence-electron chi connectivity index (χ0n) is 36.4. The van der Waals surface area contributed by atoms with Crippen molar-refractivity contribution in [3.05, 3.63) is 35.9 Å². The number of amides is 4. The zero-order chi connectivity index (χ0) is 43.3. The van der Waals surface area contributed by atoms with Gasteiger partial charge in [-0.2, -0.15) is 0 Å². The van der Waals surface area contributed by atoms with Crippen LogP contribution in [0.5, 0.6) is 0 Å². The largest absolute Gasteiger partial charge is 0.481 e. The Morgan fingerprint density at radius 1 is 0.895 bits per heavy atom. The summed E-state index contributed by atoms with van der Waals surface area (Å²) in [6.07, 6.45) is 0.637. The molecule has 4 N–H and O–H groups in total. The summed E-state index contributed by atoms with van der Waals surface area (Å²) in [6, 6.07) is 5.66. The van der Waals surface area contributed by atoms with Gasteiger partial charge in [0, 0.05) is 47.2 Å². The number of carboxylic acid groups (broad SMARTS) is 1. The lowest BCUT2D eigenvalue weighted by Crippen LogP contribution is -2.61. The van der Waals surface area contributed by atoms with Crippen LogP contribution in [0.2, 0.25) is 0 Å². The van der Waals surface area contributed by atoms with E-state index in [9.17, 15) is 33.9 Å². The van der Waals surface area contributed by atoms with E-state index in [1.54, 1.807) is 30.7 Å². The number of nitrogens with zero attached hydrogens (tertiary/aromatic N) is 3. The van der Waals surface area contributed by atoms with Crippen LogP contribution in [-0.4, -0.2) is 132 Å². The molecule has 14 heteroatoms. The van der Waals surface area contributed by atoms with Crippen molar-refractivity contribution in [2.75, 3.05) is 34.9 Å². The summed E-state index contributed by atoms with van der Waals surface area (Å²) < 4.78 is 11.9. The molecule has 322 valence electrons. The van der Waals surface area contributed by atoms with Crippen LogP contribution in [0.1, 0.15) is 93.1 Å². The number of carbonyl (C=O) groups is 6. The van der Waals surface area contributed by atoms with Crippen molar-refractivity contribution in [3.63, 3.8) is 0 Å². The van der Waals surface area contributed by atoms with Crippen molar-refractivity contribution in [3.8, 4) is 0 Å². The number of nitrogens with two attached hydrogens (primary N) is 1. The van der Waals surface area contributed by atoms with Gasteiger partial charge in [0.2, 0.25) is 23.6 Å². The predicted molar refractivity (Wildman–Crippen MR) is 219 cm³/mol. The number of ether oxygens (including phenoxy) is 2. The average molecular weight is 802 g/mol. The topological polar surface area (TPSA) is 189 Å². The van der Waals surface area contributed by atoms with E-state index in [0.29, 0.717) is 25.8 Å². The molecular formula is C43H71N5O9. The number of carboxylic acids is 1. The van der Waals surface area contributed by atoms with Gasteiger partial charge in [-0.25, -0.2) is 0 Å². The van der Waals surface area contributed by atoms with E-state index in [4.69, 9.17) is 15.2 Å². The van der Waals surface area contributed by atoms with E-state index in [2.05, 4.69) is 5.32 Å². The van der Waals surface area contributed by atoms with Crippen molar-refractivity contribution < 1.29 is 43.3 Å². The molecule has 0 aromatic heterocycles. The van der Waals surface area contributed by atoms with Gasteiger partial charge in [0.1, 0.15) is 17.9 Å². The molecule has 1 aliphatic rings. The van der Waals surface area contributed by atoms with E-state index in [-0.39, 0.29) is 60.5 Å². The molecule has 0 radical (unpaired) electrons. The first kappa shape index (κ1) is 49.3. The van der Waals surface area contributed by atoms with Crippen molar-refractivity contribution in [1.82, 2.24) is 20.0 Å². The number of likely N-dealkylation sites (N-methyl/N-ethyl adjacent to an activating group) is 2. The van der Waals surface area contributed by atoms with E-state index in [0.717, 1.165) is 5.56 Å². The van der Waals surface area contributed by atoms with Gasteiger partial charge in [0.25, 0.3) is 0 Å². The molecule has 0 unspecified atom stereocenters. The highest BCUT2D eigenvalue weighted by molar-refractivity contribution is 5.93. The molecule has 1 fully saturated rings. The summed E-state index contributed by atoms with van der Waals surface area (Å²) in [5.74, 6) is -4.92. The average Bonchev–Trinajstić information content (AvgIpc) is 3.65. The number of hydrogen-bond acceptors (Lipinski definition) is 9. The maximum absolute atomic E-state index is 14.4. The number of rotatable bonds is 23. The zero-order valence-corrected chi connectivity index (χ0v) is 36.4. The Morgan fingerprint density at radius 2 is 1.51 bits per heavy atom. The SMILES string of the molecule is CC[C@H](C)[C@@H]([C@@H](CC(=O)N1CCC[C@H]1[C@H](OC)[C@@H](C)C(=O)C[C@@H](Cc1ccccc1)C(=O)O)OC)N(C)C(=O)[C@@H](NC(=O)[C@H](C(C)C)N(C)C(=O)[C@@H](C)N)C(C)C. The van der Waals surface area contributed by atoms with E-state index >= 15 is 0 Å². The van der Waals surface area contributed by atoms with E-state index in [1.807, 2.05) is 71.9 Å². The second-order valence-corrected chi connectivity index (χ2v) is 16.6. The van der Waals surface area contributed by atoms with Gasteiger partial charge in [0.15, 0.2) is 0 Å². The Morgan fingerprint density at radius 3 is 2.00 bits per heavy atom. The van der Waals surface area contributed by atoms with E-state index < -0.39 is 66.1 Å². The van der Waals surface area contributed by atoms with Crippen molar-refractivity contribution >= 4 is 35.4 Å². The normalized spacial score (nSPS) is 19.1. The second-order valence-electron chi connectivity index (χ2n) is 16.6. The Labute approximate surface area is 340 Å². The molecule has 1 aromatic carbocycles. The summed E-state index contributed by atoms with van der Waals surface area (Å²) in [6.45, 7) is 15.1. The van der Waals surface area contributed by atoms with Gasteiger partial charge in [-0.1, -0.05) is 85.2 Å². The minimum Gasteiger partial charge on any atom is -0.481 e. The quantitative estimate of drug-likeness (QED) is 0.147. The molecule has 0 bridgehead atoms. The highest BCUT2D eigenvalue weighted by Crippen LogP contribution is 2.31. The minimum atomic E-state index is -1.04. The van der Waals surface area contributed by atoms with Crippen LogP contribution in [0.3, 0.4) is 0 Å². The van der Waals surface area contributed by atoms with Gasteiger partial charge < -0.3 is 40.3 Å². The minimum absolute atomic E-state index is 0.0468. The van der Waals surface area contributed by atoms with E-state index in [1.165, 1.54) is 26.2 Å². The number of aliphatic carboxylic acids is 1. The highest BCUT2D eigenvalue weighted by atomic mass is 16.5. The number of Topliss-reactive ketones (excluding diaryl/α,β-unsaturated/α-hetero) is 1. The summed E-state index contributed by atoms with van der Waals surface area (Å²) in [7, 11) is 6.22. The fourth-order valence-corrected chi connectivity index (χ4v) is 8.27. The van der Waals surface area contributed by atoms with Crippen LogP contribution >= 0.6 is 0 Å². The number of benzene rings is 1. The molecule has 4 amide bonds. The molecular weight excluding hydrogens is 730 g/mol. The smallest absolute Gasteiger partial charge is 0.307 e. The molecule has 1 heterocycles. The number of hydrogen-bond donors (Lipinski definition) is 3. The molecule has 0 aliphatic carbocycles. The molecule has 1 aromatic rings. The fraction of sp³-hybridized carbons (Fsp3) is 0.721. The lowest BCUT2D eigenvalue weighted by Gasteiger charge is -2.41. The number of likely N-dealkylation sites (tertiary alicyclic amines) is 1. The fourth-order valence-electron chi connectivity index (χ4n) is 8.27. The third-order valence-corrected chi connectivity index (χ3v) is 11.8. The van der Waals surface area contributed by atoms with Gasteiger partial charge in [-0.3, -0.25) is 28.8 Å². The van der Waals surface area contributed by atoms with Crippen LogP contribution in [0, 0.1) is 29.6 Å². The molecule has 0 saturated carbocycles. The third-order valence-electron chi connectivity index (χ3n) is 11.8. The molecule has 0 spiro atoms.